The minimum Gasteiger partial charge on any atom is -0.496 e. The minimum atomic E-state index is -3.68. The molecule has 148 valence electrons. The number of sulfonamides is 1. The number of methoxy groups -OCH3 is 1. The van der Waals surface area contributed by atoms with Gasteiger partial charge >= 0.3 is 0 Å². The quantitative estimate of drug-likeness (QED) is 0.684. The molecule has 0 aliphatic carbocycles. The number of halogens is 1. The van der Waals surface area contributed by atoms with E-state index < -0.39 is 15.9 Å². The zero-order valence-electron chi connectivity index (χ0n) is 14.9. The van der Waals surface area contributed by atoms with E-state index in [1.54, 1.807) is 0 Å². The predicted octanol–water partition coefficient (Wildman–Crippen LogP) is 0.605. The first-order valence-corrected chi connectivity index (χ1v) is 9.60. The number of morpholine rings is 1. The van der Waals surface area contributed by atoms with Crippen LogP contribution >= 0.6 is 12.4 Å². The number of amides is 1. The maximum Gasteiger partial charge on any atom is 0.255 e. The Morgan fingerprint density at radius 1 is 1.38 bits per heavy atom. The summed E-state index contributed by atoms with van der Waals surface area (Å²) in [6.07, 6.45) is 0.625. The molecule has 0 aromatic heterocycles. The van der Waals surface area contributed by atoms with Gasteiger partial charge in [0.15, 0.2) is 0 Å². The van der Waals surface area contributed by atoms with Crippen molar-refractivity contribution in [2.75, 3.05) is 40.0 Å². The van der Waals surface area contributed by atoms with E-state index >= 15 is 0 Å². The lowest BCUT2D eigenvalue weighted by Gasteiger charge is -2.26. The fourth-order valence-electron chi connectivity index (χ4n) is 2.47. The van der Waals surface area contributed by atoms with Crippen LogP contribution in [0.4, 0.5) is 0 Å². The molecule has 0 spiro atoms. The molecule has 1 unspecified atom stereocenters. The number of nitrogens with zero attached hydrogens (tertiary/aromatic N) is 1. The van der Waals surface area contributed by atoms with Crippen LogP contribution in [0.25, 0.3) is 0 Å². The summed E-state index contributed by atoms with van der Waals surface area (Å²) in [6, 6.07) is 4.26. The first-order valence-electron chi connectivity index (χ1n) is 8.16. The molecule has 2 rings (SSSR count). The Balaban J connectivity index is 0.00000338. The van der Waals surface area contributed by atoms with Gasteiger partial charge < -0.3 is 20.5 Å². The van der Waals surface area contributed by atoms with Gasteiger partial charge in [-0.3, -0.25) is 4.79 Å². The van der Waals surface area contributed by atoms with E-state index in [-0.39, 0.29) is 28.9 Å². The smallest absolute Gasteiger partial charge is 0.255 e. The molecule has 10 heteroatoms. The Kier molecular flexibility index (Phi) is 8.78. The van der Waals surface area contributed by atoms with Crippen molar-refractivity contribution in [2.24, 2.45) is 5.73 Å². The molecule has 3 N–H and O–H groups in total. The molecule has 1 amide bonds. The molecule has 8 nitrogen and oxygen atoms in total. The maximum absolute atomic E-state index is 12.7. The van der Waals surface area contributed by atoms with E-state index in [1.807, 2.05) is 6.92 Å². The van der Waals surface area contributed by atoms with E-state index in [1.165, 1.54) is 29.6 Å². The van der Waals surface area contributed by atoms with Crippen LogP contribution in [0.15, 0.2) is 23.1 Å². The van der Waals surface area contributed by atoms with Crippen LogP contribution in [0.1, 0.15) is 23.7 Å². The third-order valence-corrected chi connectivity index (χ3v) is 5.80. The van der Waals surface area contributed by atoms with Gasteiger partial charge in [0.05, 0.1) is 30.8 Å². The van der Waals surface area contributed by atoms with Crippen molar-refractivity contribution in [3.63, 3.8) is 0 Å². The lowest BCUT2D eigenvalue weighted by molar-refractivity contribution is 0.0730. The van der Waals surface area contributed by atoms with Crippen molar-refractivity contribution >= 4 is 28.3 Å². The first-order chi connectivity index (χ1) is 11.9. The highest BCUT2D eigenvalue weighted by Gasteiger charge is 2.28. The van der Waals surface area contributed by atoms with E-state index in [0.717, 1.165) is 0 Å². The normalized spacial score (nSPS) is 16.4. The molecule has 0 saturated carbocycles. The average Bonchev–Trinajstić information content (AvgIpc) is 2.61. The second-order valence-corrected chi connectivity index (χ2v) is 7.84. The van der Waals surface area contributed by atoms with E-state index in [0.29, 0.717) is 45.0 Å². The second-order valence-electron chi connectivity index (χ2n) is 5.90. The highest BCUT2D eigenvalue weighted by molar-refractivity contribution is 7.89. The Morgan fingerprint density at radius 2 is 2.04 bits per heavy atom. The molecule has 0 radical (unpaired) electrons. The molecular formula is C16H26ClN3O5S. The summed E-state index contributed by atoms with van der Waals surface area (Å²) in [6.45, 7) is 3.57. The van der Waals surface area contributed by atoms with E-state index in [9.17, 15) is 13.2 Å². The number of benzene rings is 1. The van der Waals surface area contributed by atoms with Crippen LogP contribution in [0.2, 0.25) is 0 Å². The van der Waals surface area contributed by atoms with Crippen molar-refractivity contribution in [1.82, 2.24) is 9.62 Å². The predicted molar refractivity (Wildman–Crippen MR) is 100 cm³/mol. The number of ether oxygens (including phenoxy) is 2. The lowest BCUT2D eigenvalue weighted by atomic mass is 10.2. The Labute approximate surface area is 160 Å². The maximum atomic E-state index is 12.7. The van der Waals surface area contributed by atoms with Gasteiger partial charge in [-0.05, 0) is 31.5 Å². The Morgan fingerprint density at radius 3 is 2.62 bits per heavy atom. The van der Waals surface area contributed by atoms with E-state index in [4.69, 9.17) is 15.2 Å². The summed E-state index contributed by atoms with van der Waals surface area (Å²) in [5.41, 5.74) is 5.85. The number of hydrogen-bond acceptors (Lipinski definition) is 6. The van der Waals surface area contributed by atoms with Gasteiger partial charge in [-0.2, -0.15) is 4.31 Å². The summed E-state index contributed by atoms with van der Waals surface area (Å²) in [7, 11) is -2.24. The van der Waals surface area contributed by atoms with Gasteiger partial charge in [0.25, 0.3) is 5.91 Å². The zero-order chi connectivity index (χ0) is 18.4. The summed E-state index contributed by atoms with van der Waals surface area (Å²) >= 11 is 0. The van der Waals surface area contributed by atoms with Crippen molar-refractivity contribution < 1.29 is 22.7 Å². The number of nitrogens with one attached hydrogen (secondary N) is 1. The van der Waals surface area contributed by atoms with Gasteiger partial charge in [0.1, 0.15) is 5.75 Å². The van der Waals surface area contributed by atoms with Crippen molar-refractivity contribution in [3.05, 3.63) is 23.8 Å². The fraction of sp³-hybridized carbons (Fsp3) is 0.562. The van der Waals surface area contributed by atoms with Crippen LogP contribution in [-0.4, -0.2) is 64.6 Å². The molecule has 1 aromatic rings. The molecule has 1 saturated heterocycles. The molecule has 26 heavy (non-hydrogen) atoms. The highest BCUT2D eigenvalue weighted by atomic mass is 35.5. The summed E-state index contributed by atoms with van der Waals surface area (Å²) in [4.78, 5) is 12.5. The highest BCUT2D eigenvalue weighted by Crippen LogP contribution is 2.25. The minimum absolute atomic E-state index is 0. The molecule has 0 bridgehead atoms. The largest absolute Gasteiger partial charge is 0.496 e. The van der Waals surface area contributed by atoms with E-state index in [2.05, 4.69) is 5.32 Å². The number of rotatable bonds is 7. The van der Waals surface area contributed by atoms with Gasteiger partial charge in [-0.15, -0.1) is 12.4 Å². The summed E-state index contributed by atoms with van der Waals surface area (Å²) < 4.78 is 37.2. The second kappa shape index (κ2) is 10.1. The third-order valence-electron chi connectivity index (χ3n) is 3.91. The van der Waals surface area contributed by atoms with Crippen LogP contribution < -0.4 is 15.8 Å². The topological polar surface area (TPSA) is 111 Å². The van der Waals surface area contributed by atoms with Crippen molar-refractivity contribution in [2.45, 2.75) is 24.3 Å². The molecule has 1 aliphatic heterocycles. The fourth-order valence-corrected chi connectivity index (χ4v) is 3.90. The van der Waals surface area contributed by atoms with Gasteiger partial charge in [0.2, 0.25) is 10.0 Å². The third kappa shape index (κ3) is 5.55. The van der Waals surface area contributed by atoms with Gasteiger partial charge in [0, 0.05) is 25.7 Å². The number of carbonyl (C=O) groups excluding carboxylic acids is 1. The van der Waals surface area contributed by atoms with Crippen LogP contribution in [-0.2, 0) is 14.8 Å². The standard InChI is InChI=1S/C16H25N3O5S.ClH/c1-12(17)5-6-18-16(20)14-11-13(3-4-15(14)23-2)25(21,22)19-7-9-24-10-8-19;/h3-4,11-12H,5-10,17H2,1-2H3,(H,18,20);1H. The number of hydrogen-bond donors (Lipinski definition) is 2. The monoisotopic (exact) mass is 407 g/mol. The lowest BCUT2D eigenvalue weighted by Crippen LogP contribution is -2.40. The Hall–Kier alpha value is -1.39. The van der Waals surface area contributed by atoms with Crippen LogP contribution in [0.3, 0.4) is 0 Å². The molecule has 1 aromatic carbocycles. The summed E-state index contributed by atoms with van der Waals surface area (Å²) in [5, 5.41) is 2.74. The molecule has 1 fully saturated rings. The molecule has 1 heterocycles. The molecule has 1 aliphatic rings. The van der Waals surface area contributed by atoms with Crippen molar-refractivity contribution in [3.8, 4) is 5.75 Å². The Bertz CT molecular complexity index is 706. The van der Waals surface area contributed by atoms with Gasteiger partial charge in [-0.25, -0.2) is 8.42 Å². The summed E-state index contributed by atoms with van der Waals surface area (Å²) in [5.74, 6) is -0.0734. The van der Waals surface area contributed by atoms with Crippen LogP contribution in [0, 0.1) is 0 Å². The number of carbonyl (C=O) groups is 1. The van der Waals surface area contributed by atoms with Crippen molar-refractivity contribution in [1.29, 1.82) is 0 Å². The zero-order valence-corrected chi connectivity index (χ0v) is 16.6. The first kappa shape index (κ1) is 22.7. The SMILES string of the molecule is COc1ccc(S(=O)(=O)N2CCOCC2)cc1C(=O)NCCC(C)N.Cl. The van der Waals surface area contributed by atoms with Crippen LogP contribution in [0.5, 0.6) is 5.75 Å². The molecular weight excluding hydrogens is 382 g/mol. The number of nitrogens with two attached hydrogens (primary N) is 1. The average molecular weight is 408 g/mol. The van der Waals surface area contributed by atoms with Gasteiger partial charge in [-0.1, -0.05) is 0 Å². The molecule has 1 atom stereocenters.